The standard InChI is InChI=1S/C31H31ClF2N2O5/c1-30(2,3)36(29(37)40-6)17-31(19-10-8-7-9-11-19)20(16-38-4)25-23(41-31)14-21(33)27(32)26(25)24-18(15-35)12-13-22(39-5)28(24)34/h7-14,20H,16-17H2,1-6H3. The number of hydrogen-bond acceptors (Lipinski definition) is 6. The highest BCUT2D eigenvalue weighted by Gasteiger charge is 2.54. The number of amides is 1. The van der Waals surface area contributed by atoms with Gasteiger partial charge in [0.25, 0.3) is 0 Å². The average Bonchev–Trinajstić information content (AvgIpc) is 3.25. The number of nitrogens with zero attached hydrogens (tertiary/aromatic N) is 2. The molecule has 0 bridgehead atoms. The Balaban J connectivity index is 2.10. The van der Waals surface area contributed by atoms with Crippen molar-refractivity contribution in [3.63, 3.8) is 0 Å². The van der Waals surface area contributed by atoms with Gasteiger partial charge in [0.1, 0.15) is 11.6 Å². The van der Waals surface area contributed by atoms with Crippen LogP contribution in [0.2, 0.25) is 5.02 Å². The molecule has 3 aromatic rings. The molecule has 2 unspecified atom stereocenters. The van der Waals surface area contributed by atoms with Crippen LogP contribution in [0.3, 0.4) is 0 Å². The topological polar surface area (TPSA) is 81.0 Å². The Labute approximate surface area is 243 Å². The monoisotopic (exact) mass is 584 g/mol. The van der Waals surface area contributed by atoms with E-state index < -0.39 is 34.8 Å². The highest BCUT2D eigenvalue weighted by Crippen LogP contribution is 2.57. The van der Waals surface area contributed by atoms with E-state index in [2.05, 4.69) is 0 Å². The van der Waals surface area contributed by atoms with Crippen molar-refractivity contribution in [2.24, 2.45) is 0 Å². The minimum Gasteiger partial charge on any atom is -0.494 e. The molecule has 0 N–H and O–H groups in total. The summed E-state index contributed by atoms with van der Waals surface area (Å²) >= 11 is 6.59. The van der Waals surface area contributed by atoms with Crippen LogP contribution in [-0.2, 0) is 15.1 Å². The Morgan fingerprint density at radius 2 is 1.80 bits per heavy atom. The zero-order valence-electron chi connectivity index (χ0n) is 23.7. The van der Waals surface area contributed by atoms with Gasteiger partial charge in [-0.2, -0.15) is 5.26 Å². The summed E-state index contributed by atoms with van der Waals surface area (Å²) in [5.74, 6) is -2.55. The van der Waals surface area contributed by atoms with E-state index in [9.17, 15) is 10.1 Å². The zero-order valence-corrected chi connectivity index (χ0v) is 24.4. The van der Waals surface area contributed by atoms with E-state index >= 15 is 8.78 Å². The number of rotatable bonds is 7. The second kappa shape index (κ2) is 11.6. The van der Waals surface area contributed by atoms with Crippen LogP contribution >= 0.6 is 11.6 Å². The molecule has 0 aromatic heterocycles. The van der Waals surface area contributed by atoms with E-state index in [0.717, 1.165) is 6.07 Å². The lowest BCUT2D eigenvalue weighted by atomic mass is 9.76. The summed E-state index contributed by atoms with van der Waals surface area (Å²) in [6.45, 7) is 5.53. The highest BCUT2D eigenvalue weighted by molar-refractivity contribution is 6.34. The maximum Gasteiger partial charge on any atom is 0.410 e. The number of carbonyl (C=O) groups excluding carboxylic acids is 1. The SMILES string of the molecule is COCC1c2c(cc(F)c(Cl)c2-c2c(C#N)ccc(OC)c2F)OC1(CN(C(=O)OC)C(C)(C)C)c1ccccc1. The number of ether oxygens (including phenoxy) is 4. The van der Waals surface area contributed by atoms with Crippen molar-refractivity contribution >= 4 is 17.7 Å². The van der Waals surface area contributed by atoms with Gasteiger partial charge in [-0.15, -0.1) is 0 Å². The predicted molar refractivity (Wildman–Crippen MR) is 150 cm³/mol. The van der Waals surface area contributed by atoms with Crippen molar-refractivity contribution in [3.8, 4) is 28.7 Å². The van der Waals surface area contributed by atoms with E-state index in [1.54, 1.807) is 0 Å². The Hall–Kier alpha value is -3.87. The Morgan fingerprint density at radius 3 is 2.37 bits per heavy atom. The van der Waals surface area contributed by atoms with Gasteiger partial charge in [-0.1, -0.05) is 41.9 Å². The van der Waals surface area contributed by atoms with Crippen molar-refractivity contribution in [1.29, 1.82) is 5.26 Å². The molecule has 0 fully saturated rings. The van der Waals surface area contributed by atoms with Crippen LogP contribution in [0, 0.1) is 23.0 Å². The largest absolute Gasteiger partial charge is 0.494 e. The summed E-state index contributed by atoms with van der Waals surface area (Å²) in [7, 11) is 4.07. The maximum atomic E-state index is 15.9. The second-order valence-corrected chi connectivity index (χ2v) is 11.0. The van der Waals surface area contributed by atoms with Crippen LogP contribution in [0.5, 0.6) is 11.5 Å². The first-order chi connectivity index (χ1) is 19.4. The van der Waals surface area contributed by atoms with Gasteiger partial charge < -0.3 is 18.9 Å². The van der Waals surface area contributed by atoms with Crippen LogP contribution in [0.25, 0.3) is 11.1 Å². The van der Waals surface area contributed by atoms with Gasteiger partial charge in [0.15, 0.2) is 17.2 Å². The van der Waals surface area contributed by atoms with E-state index in [4.69, 9.17) is 30.5 Å². The molecule has 2 atom stereocenters. The molecule has 10 heteroatoms. The third-order valence-electron chi connectivity index (χ3n) is 7.32. The van der Waals surface area contributed by atoms with Crippen LogP contribution in [0.1, 0.15) is 43.4 Å². The lowest BCUT2D eigenvalue weighted by Gasteiger charge is -2.43. The third-order valence-corrected chi connectivity index (χ3v) is 7.69. The molecule has 0 spiro atoms. The summed E-state index contributed by atoms with van der Waals surface area (Å²) in [5, 5.41) is 9.53. The fraction of sp³-hybridized carbons (Fsp3) is 0.355. The number of hydrogen-bond donors (Lipinski definition) is 0. The Kier molecular flexibility index (Phi) is 8.48. The van der Waals surface area contributed by atoms with Crippen molar-refractivity contribution in [3.05, 3.63) is 81.9 Å². The fourth-order valence-corrected chi connectivity index (χ4v) is 5.61. The van der Waals surface area contributed by atoms with Gasteiger partial charge >= 0.3 is 6.09 Å². The van der Waals surface area contributed by atoms with Gasteiger partial charge in [-0.3, -0.25) is 4.90 Å². The Bertz CT molecular complexity index is 1500. The molecule has 1 aliphatic rings. The molecule has 3 aromatic carbocycles. The number of benzene rings is 3. The van der Waals surface area contributed by atoms with Crippen LogP contribution < -0.4 is 9.47 Å². The van der Waals surface area contributed by atoms with Crippen LogP contribution in [-0.4, -0.2) is 51.0 Å². The number of methoxy groups -OCH3 is 3. The second-order valence-electron chi connectivity index (χ2n) is 10.7. The molecule has 1 heterocycles. The molecular weight excluding hydrogens is 554 g/mol. The molecule has 7 nitrogen and oxygen atoms in total. The normalized spacial score (nSPS) is 17.8. The molecule has 216 valence electrons. The summed E-state index contributed by atoms with van der Waals surface area (Å²) in [6.07, 6.45) is -0.599. The average molecular weight is 585 g/mol. The first-order valence-electron chi connectivity index (χ1n) is 12.8. The number of carbonyl (C=O) groups is 1. The number of nitriles is 1. The van der Waals surface area contributed by atoms with Crippen molar-refractivity contribution in [2.45, 2.75) is 37.8 Å². The van der Waals surface area contributed by atoms with Crippen LogP contribution in [0.4, 0.5) is 13.6 Å². The summed E-state index contributed by atoms with van der Waals surface area (Å²) in [6, 6.07) is 14.9. The molecule has 0 saturated carbocycles. The Morgan fingerprint density at radius 1 is 1.12 bits per heavy atom. The molecule has 4 rings (SSSR count). The van der Waals surface area contributed by atoms with Crippen LogP contribution in [0.15, 0.2) is 48.5 Å². The van der Waals surface area contributed by atoms with Crippen molar-refractivity contribution < 1.29 is 32.5 Å². The molecule has 0 aliphatic carbocycles. The maximum absolute atomic E-state index is 15.9. The summed E-state index contributed by atoms with van der Waals surface area (Å²) in [4.78, 5) is 14.6. The van der Waals surface area contributed by atoms with Gasteiger partial charge in [0, 0.05) is 35.4 Å². The van der Waals surface area contributed by atoms with E-state index in [1.165, 1.54) is 38.4 Å². The van der Waals surface area contributed by atoms with Crippen molar-refractivity contribution in [2.75, 3.05) is 34.5 Å². The lowest BCUT2D eigenvalue weighted by Crippen LogP contribution is -2.55. The third kappa shape index (κ3) is 5.18. The summed E-state index contributed by atoms with van der Waals surface area (Å²) < 4.78 is 54.1. The van der Waals surface area contributed by atoms with Crippen molar-refractivity contribution in [1.82, 2.24) is 4.90 Å². The number of halogens is 3. The molecular formula is C31H31ClF2N2O5. The van der Waals surface area contributed by atoms with Gasteiger partial charge in [0.2, 0.25) is 0 Å². The highest BCUT2D eigenvalue weighted by atomic mass is 35.5. The first-order valence-corrected chi connectivity index (χ1v) is 13.2. The lowest BCUT2D eigenvalue weighted by molar-refractivity contribution is -0.0205. The number of fused-ring (bicyclic) bond motifs is 1. The van der Waals surface area contributed by atoms with Gasteiger partial charge in [0.05, 0.1) is 49.9 Å². The molecule has 1 amide bonds. The quantitative estimate of drug-likeness (QED) is 0.296. The molecule has 41 heavy (non-hydrogen) atoms. The first kappa shape index (κ1) is 30.1. The smallest absolute Gasteiger partial charge is 0.410 e. The van der Waals surface area contributed by atoms with Gasteiger partial charge in [-0.05, 0) is 38.5 Å². The summed E-state index contributed by atoms with van der Waals surface area (Å²) in [5.41, 5.74) is -1.41. The molecule has 0 radical (unpaired) electrons. The van der Waals surface area contributed by atoms with E-state index in [0.29, 0.717) is 11.1 Å². The predicted octanol–water partition coefficient (Wildman–Crippen LogP) is 7.05. The zero-order chi connectivity index (χ0) is 30.1. The molecule has 1 aliphatic heterocycles. The van der Waals surface area contributed by atoms with E-state index in [-0.39, 0.29) is 46.4 Å². The minimum absolute atomic E-state index is 0.0173. The minimum atomic E-state index is -1.35. The van der Waals surface area contributed by atoms with Gasteiger partial charge in [-0.25, -0.2) is 13.6 Å². The fourth-order valence-electron chi connectivity index (χ4n) is 5.36. The molecule has 0 saturated heterocycles. The van der Waals surface area contributed by atoms with E-state index in [1.807, 2.05) is 57.2 Å².